The molecule has 3 N–H and O–H groups in total. The summed E-state index contributed by atoms with van der Waals surface area (Å²) in [5.41, 5.74) is 9.82. The van der Waals surface area contributed by atoms with Gasteiger partial charge < -0.3 is 10.7 Å². The maximum Gasteiger partial charge on any atom is 0.0934 e. The number of H-pyrrole nitrogens is 1. The number of nitrogens with one attached hydrogen (secondary N) is 1. The number of nitrogen functional groups attached to an aromatic ring is 1. The van der Waals surface area contributed by atoms with E-state index in [4.69, 9.17) is 5.73 Å². The van der Waals surface area contributed by atoms with Crippen LogP contribution < -0.4 is 5.73 Å². The molecule has 0 aliphatic heterocycles. The molecular weight excluding hydrogens is 150 g/mol. The van der Waals surface area contributed by atoms with Gasteiger partial charge in [-0.05, 0) is 18.6 Å². The summed E-state index contributed by atoms with van der Waals surface area (Å²) < 4.78 is 0. The molecule has 1 aromatic carbocycles. The molecule has 3 nitrogen and oxygen atoms in total. The number of hydrogen-bond donors (Lipinski definition) is 2. The second-order valence-electron chi connectivity index (χ2n) is 2.79. The molecule has 0 aliphatic carbocycles. The van der Waals surface area contributed by atoms with E-state index in [2.05, 4.69) is 16.9 Å². The lowest BCUT2D eigenvalue weighted by Crippen LogP contribution is -1.93. The predicted molar refractivity (Wildman–Crippen MR) is 49.9 cm³/mol. The van der Waals surface area contributed by atoms with E-state index in [9.17, 15) is 0 Å². The first kappa shape index (κ1) is 7.16. The third kappa shape index (κ3) is 0.863. The molecule has 0 spiro atoms. The number of fused-ring (bicyclic) bond motifs is 1. The Balaban J connectivity index is 2.83. The summed E-state index contributed by atoms with van der Waals surface area (Å²) in [6.07, 6.45) is 2.62. The molecule has 2 rings (SSSR count). The van der Waals surface area contributed by atoms with E-state index in [-0.39, 0.29) is 0 Å². The van der Waals surface area contributed by atoms with Crippen molar-refractivity contribution in [2.45, 2.75) is 13.3 Å². The number of rotatable bonds is 1. The van der Waals surface area contributed by atoms with Crippen molar-refractivity contribution in [3.63, 3.8) is 0 Å². The van der Waals surface area contributed by atoms with E-state index < -0.39 is 0 Å². The summed E-state index contributed by atoms with van der Waals surface area (Å²) in [6.45, 7) is 2.08. The van der Waals surface area contributed by atoms with Crippen LogP contribution >= 0.6 is 0 Å². The van der Waals surface area contributed by atoms with E-state index in [1.807, 2.05) is 12.1 Å². The molecule has 0 saturated heterocycles. The van der Waals surface area contributed by atoms with Crippen LogP contribution in [0.1, 0.15) is 12.5 Å². The van der Waals surface area contributed by atoms with Gasteiger partial charge in [-0.2, -0.15) is 0 Å². The van der Waals surface area contributed by atoms with E-state index >= 15 is 0 Å². The van der Waals surface area contributed by atoms with E-state index in [1.54, 1.807) is 6.33 Å². The smallest absolute Gasteiger partial charge is 0.0934 e. The van der Waals surface area contributed by atoms with E-state index in [0.717, 1.165) is 28.7 Å². The van der Waals surface area contributed by atoms with Crippen LogP contribution in [0.4, 0.5) is 5.69 Å². The average molecular weight is 161 g/mol. The number of aromatic amines is 1. The Kier molecular flexibility index (Phi) is 1.50. The van der Waals surface area contributed by atoms with Crippen LogP contribution in [0.2, 0.25) is 0 Å². The number of benzene rings is 1. The zero-order valence-corrected chi connectivity index (χ0v) is 6.96. The topological polar surface area (TPSA) is 54.7 Å². The summed E-state index contributed by atoms with van der Waals surface area (Å²) >= 11 is 0. The SMILES string of the molecule is CCc1c(N)ccc2[nH]cnc12. The Bertz CT molecular complexity index is 403. The molecule has 62 valence electrons. The third-order valence-electron chi connectivity index (χ3n) is 2.09. The molecule has 0 atom stereocenters. The van der Waals surface area contributed by atoms with Gasteiger partial charge in [0.25, 0.3) is 0 Å². The zero-order chi connectivity index (χ0) is 8.55. The highest BCUT2D eigenvalue weighted by Crippen LogP contribution is 2.21. The fourth-order valence-corrected chi connectivity index (χ4v) is 1.45. The quantitative estimate of drug-likeness (QED) is 0.625. The lowest BCUT2D eigenvalue weighted by atomic mass is 10.1. The second-order valence-corrected chi connectivity index (χ2v) is 2.79. The summed E-state index contributed by atoms with van der Waals surface area (Å²) in [5.74, 6) is 0. The highest BCUT2D eigenvalue weighted by molar-refractivity contribution is 5.83. The second kappa shape index (κ2) is 2.52. The first-order chi connectivity index (χ1) is 5.83. The molecule has 3 heteroatoms. The molecule has 0 aliphatic rings. The maximum absolute atomic E-state index is 5.80. The molecular formula is C9H11N3. The first-order valence-corrected chi connectivity index (χ1v) is 4.03. The van der Waals surface area contributed by atoms with Crippen molar-refractivity contribution < 1.29 is 0 Å². The van der Waals surface area contributed by atoms with Gasteiger partial charge in [0.2, 0.25) is 0 Å². The standard InChI is InChI=1S/C9H11N3/c1-2-6-7(10)3-4-8-9(6)12-5-11-8/h3-5H,2,10H2,1H3,(H,11,12). The third-order valence-corrected chi connectivity index (χ3v) is 2.09. The van der Waals surface area contributed by atoms with Crippen LogP contribution in [0.3, 0.4) is 0 Å². The molecule has 1 aromatic heterocycles. The Morgan fingerprint density at radius 2 is 2.33 bits per heavy atom. The number of hydrogen-bond acceptors (Lipinski definition) is 2. The zero-order valence-electron chi connectivity index (χ0n) is 6.96. The molecule has 0 unspecified atom stereocenters. The average Bonchev–Trinajstić information content (AvgIpc) is 2.52. The van der Waals surface area contributed by atoms with E-state index in [0.29, 0.717) is 0 Å². The lowest BCUT2D eigenvalue weighted by molar-refractivity contribution is 1.15. The molecule has 0 fully saturated rings. The van der Waals surface area contributed by atoms with Gasteiger partial charge in [0, 0.05) is 11.3 Å². The number of aryl methyl sites for hydroxylation is 1. The van der Waals surface area contributed by atoms with Gasteiger partial charge in [0.05, 0.1) is 17.4 Å². The normalized spacial score (nSPS) is 10.8. The van der Waals surface area contributed by atoms with Gasteiger partial charge in [0.15, 0.2) is 0 Å². The maximum atomic E-state index is 5.80. The van der Waals surface area contributed by atoms with Gasteiger partial charge in [-0.25, -0.2) is 4.98 Å². The van der Waals surface area contributed by atoms with Gasteiger partial charge in [-0.15, -0.1) is 0 Å². The number of anilines is 1. The Morgan fingerprint density at radius 3 is 3.08 bits per heavy atom. The Morgan fingerprint density at radius 1 is 1.50 bits per heavy atom. The van der Waals surface area contributed by atoms with Crippen molar-refractivity contribution in [1.29, 1.82) is 0 Å². The monoisotopic (exact) mass is 161 g/mol. The highest BCUT2D eigenvalue weighted by Gasteiger charge is 2.04. The number of nitrogens with zero attached hydrogens (tertiary/aromatic N) is 1. The van der Waals surface area contributed by atoms with Gasteiger partial charge in [-0.1, -0.05) is 6.92 Å². The number of nitrogens with two attached hydrogens (primary N) is 1. The Hall–Kier alpha value is -1.51. The molecule has 2 aromatic rings. The summed E-state index contributed by atoms with van der Waals surface area (Å²) in [4.78, 5) is 7.27. The number of aromatic nitrogens is 2. The minimum absolute atomic E-state index is 0.831. The van der Waals surface area contributed by atoms with Crippen LogP contribution in [0.25, 0.3) is 11.0 Å². The predicted octanol–water partition coefficient (Wildman–Crippen LogP) is 1.71. The van der Waals surface area contributed by atoms with Crippen molar-refractivity contribution in [2.75, 3.05) is 5.73 Å². The van der Waals surface area contributed by atoms with Crippen molar-refractivity contribution >= 4 is 16.7 Å². The fourth-order valence-electron chi connectivity index (χ4n) is 1.45. The minimum Gasteiger partial charge on any atom is -0.398 e. The van der Waals surface area contributed by atoms with Crippen LogP contribution in [0.5, 0.6) is 0 Å². The van der Waals surface area contributed by atoms with Gasteiger partial charge >= 0.3 is 0 Å². The van der Waals surface area contributed by atoms with Gasteiger partial charge in [0.1, 0.15) is 0 Å². The van der Waals surface area contributed by atoms with Crippen molar-refractivity contribution in [1.82, 2.24) is 9.97 Å². The van der Waals surface area contributed by atoms with E-state index in [1.165, 1.54) is 0 Å². The lowest BCUT2D eigenvalue weighted by Gasteiger charge is -2.01. The highest BCUT2D eigenvalue weighted by atomic mass is 14.9. The van der Waals surface area contributed by atoms with Crippen LogP contribution in [0.15, 0.2) is 18.5 Å². The summed E-state index contributed by atoms with van der Waals surface area (Å²) in [5, 5.41) is 0. The molecule has 1 heterocycles. The molecule has 0 radical (unpaired) electrons. The molecule has 0 bridgehead atoms. The number of imidazole rings is 1. The largest absolute Gasteiger partial charge is 0.398 e. The fraction of sp³-hybridized carbons (Fsp3) is 0.222. The van der Waals surface area contributed by atoms with Crippen molar-refractivity contribution in [3.05, 3.63) is 24.0 Å². The Labute approximate surface area is 70.6 Å². The molecule has 0 amide bonds. The van der Waals surface area contributed by atoms with Gasteiger partial charge in [-0.3, -0.25) is 0 Å². The van der Waals surface area contributed by atoms with Crippen LogP contribution in [-0.2, 0) is 6.42 Å². The summed E-state index contributed by atoms with van der Waals surface area (Å²) in [7, 11) is 0. The van der Waals surface area contributed by atoms with Crippen molar-refractivity contribution in [3.8, 4) is 0 Å². The van der Waals surface area contributed by atoms with Crippen LogP contribution in [0, 0.1) is 0 Å². The van der Waals surface area contributed by atoms with Crippen molar-refractivity contribution in [2.24, 2.45) is 0 Å². The molecule has 12 heavy (non-hydrogen) atoms. The summed E-state index contributed by atoms with van der Waals surface area (Å²) in [6, 6.07) is 3.87. The van der Waals surface area contributed by atoms with Crippen LogP contribution in [-0.4, -0.2) is 9.97 Å². The first-order valence-electron chi connectivity index (χ1n) is 4.03. The minimum atomic E-state index is 0.831. The molecule has 0 saturated carbocycles.